The minimum absolute atomic E-state index is 0.0259. The van der Waals surface area contributed by atoms with Gasteiger partial charge in [0.1, 0.15) is 6.33 Å². The van der Waals surface area contributed by atoms with Crippen LogP contribution in [0.25, 0.3) is 0 Å². The van der Waals surface area contributed by atoms with Crippen LogP contribution >= 0.6 is 34.8 Å². The molecule has 0 saturated heterocycles. The molecule has 0 aliphatic heterocycles. The normalized spacial score (nSPS) is 11.6. The zero-order valence-electron chi connectivity index (χ0n) is 14.4. The van der Waals surface area contributed by atoms with Crippen LogP contribution in [0, 0.1) is 13.8 Å². The van der Waals surface area contributed by atoms with Crippen LogP contribution in [0.2, 0.25) is 15.1 Å². The molecule has 0 radical (unpaired) electrons. The summed E-state index contributed by atoms with van der Waals surface area (Å²) < 4.78 is 29.2. The van der Waals surface area contributed by atoms with Crippen molar-refractivity contribution >= 4 is 50.8 Å². The Kier molecular flexibility index (Phi) is 5.67. The van der Waals surface area contributed by atoms with Gasteiger partial charge in [0.2, 0.25) is 0 Å². The van der Waals surface area contributed by atoms with E-state index in [1.807, 2.05) is 0 Å². The Hall–Kier alpha value is -1.80. The van der Waals surface area contributed by atoms with Gasteiger partial charge in [0.15, 0.2) is 0 Å². The second kappa shape index (κ2) is 7.67. The minimum Gasteiger partial charge on any atom is -0.246 e. The lowest BCUT2D eigenvalue weighted by Crippen LogP contribution is -2.16. The van der Waals surface area contributed by atoms with E-state index in [9.17, 15) is 8.42 Å². The maximum atomic E-state index is 12.7. The van der Waals surface area contributed by atoms with Gasteiger partial charge in [-0.25, -0.2) is 17.8 Å². The number of sulfonamides is 1. The molecule has 27 heavy (non-hydrogen) atoms. The number of hydrogen-bond acceptors (Lipinski definition) is 4. The molecule has 0 fully saturated rings. The Morgan fingerprint density at radius 2 is 1.74 bits per heavy atom. The average Bonchev–Trinajstić information content (AvgIpc) is 3.00. The first-order valence-electron chi connectivity index (χ1n) is 7.78. The Morgan fingerprint density at radius 3 is 2.44 bits per heavy atom. The molecule has 6 nitrogen and oxygen atoms in total. The van der Waals surface area contributed by atoms with Gasteiger partial charge >= 0.3 is 0 Å². The van der Waals surface area contributed by atoms with Crippen LogP contribution in [0.4, 0.5) is 5.95 Å². The van der Waals surface area contributed by atoms with E-state index in [0.29, 0.717) is 32.7 Å². The zero-order valence-corrected chi connectivity index (χ0v) is 17.5. The molecule has 3 rings (SSSR count). The predicted molar refractivity (Wildman–Crippen MR) is 107 cm³/mol. The van der Waals surface area contributed by atoms with Crippen LogP contribution in [0.5, 0.6) is 0 Å². The topological polar surface area (TPSA) is 76.9 Å². The van der Waals surface area contributed by atoms with Gasteiger partial charge in [-0.05, 0) is 54.8 Å². The van der Waals surface area contributed by atoms with Crippen LogP contribution in [0.3, 0.4) is 0 Å². The third-order valence-electron chi connectivity index (χ3n) is 3.84. The Bertz CT molecular complexity index is 1110. The van der Waals surface area contributed by atoms with Gasteiger partial charge < -0.3 is 0 Å². The average molecular weight is 446 g/mol. The number of nitrogens with zero attached hydrogens (tertiary/aromatic N) is 3. The first-order chi connectivity index (χ1) is 12.7. The number of anilines is 1. The fraction of sp³-hybridized carbons (Fsp3) is 0.176. The quantitative estimate of drug-likeness (QED) is 0.617. The molecular formula is C17H15Cl3N4O2S. The lowest BCUT2D eigenvalue weighted by Gasteiger charge is -2.10. The highest BCUT2D eigenvalue weighted by atomic mass is 35.5. The summed E-state index contributed by atoms with van der Waals surface area (Å²) in [5.41, 5.74) is 2.06. The predicted octanol–water partition coefficient (Wildman–Crippen LogP) is 4.70. The number of aromatic nitrogens is 3. The summed E-state index contributed by atoms with van der Waals surface area (Å²) in [6, 6.07) is 8.34. The van der Waals surface area contributed by atoms with Crippen molar-refractivity contribution in [3.05, 3.63) is 68.4 Å². The standard InChI is InChI=1S/C17H15Cl3N4O2S/c1-10-6-16(11(2)5-14(10)19)27(25,26)23-17-21-9-24(22-17)8-12-3-4-13(18)15(20)7-12/h3-7,9H,8H2,1-2H3,(H,22,23). The minimum atomic E-state index is -3.84. The Balaban J connectivity index is 1.80. The molecule has 2 aromatic carbocycles. The highest BCUT2D eigenvalue weighted by molar-refractivity contribution is 7.92. The summed E-state index contributed by atoms with van der Waals surface area (Å²) in [7, 11) is -3.84. The van der Waals surface area contributed by atoms with E-state index in [2.05, 4.69) is 14.8 Å². The smallest absolute Gasteiger partial charge is 0.246 e. The first kappa shape index (κ1) is 19.9. The van der Waals surface area contributed by atoms with Crippen molar-refractivity contribution in [2.24, 2.45) is 0 Å². The maximum absolute atomic E-state index is 12.7. The number of benzene rings is 2. The zero-order chi connectivity index (χ0) is 19.8. The van der Waals surface area contributed by atoms with Gasteiger partial charge in [0.25, 0.3) is 16.0 Å². The molecule has 0 bridgehead atoms. The molecule has 0 spiro atoms. The number of hydrogen-bond donors (Lipinski definition) is 1. The number of halogens is 3. The Labute approximate surface area is 172 Å². The lowest BCUT2D eigenvalue weighted by atomic mass is 10.2. The molecule has 0 aliphatic rings. The molecule has 3 aromatic rings. The summed E-state index contributed by atoms with van der Waals surface area (Å²) in [5.74, 6) is -0.0259. The number of rotatable bonds is 5. The summed E-state index contributed by atoms with van der Waals surface area (Å²) >= 11 is 17.9. The molecule has 0 saturated carbocycles. The van der Waals surface area contributed by atoms with E-state index in [1.54, 1.807) is 38.1 Å². The van der Waals surface area contributed by atoms with Crippen LogP contribution < -0.4 is 4.72 Å². The molecule has 1 aromatic heterocycles. The monoisotopic (exact) mass is 444 g/mol. The van der Waals surface area contributed by atoms with Gasteiger partial charge in [-0.15, -0.1) is 5.10 Å². The summed E-state index contributed by atoms with van der Waals surface area (Å²) in [5, 5.41) is 5.55. The van der Waals surface area contributed by atoms with Crippen molar-refractivity contribution in [3.8, 4) is 0 Å². The van der Waals surface area contributed by atoms with Crippen LogP contribution in [0.1, 0.15) is 16.7 Å². The van der Waals surface area contributed by atoms with Gasteiger partial charge in [-0.2, -0.15) is 4.98 Å². The third kappa shape index (κ3) is 4.55. The van der Waals surface area contributed by atoms with E-state index >= 15 is 0 Å². The molecule has 1 heterocycles. The maximum Gasteiger partial charge on any atom is 0.264 e. The highest BCUT2D eigenvalue weighted by Gasteiger charge is 2.20. The molecular weight excluding hydrogens is 431 g/mol. The summed E-state index contributed by atoms with van der Waals surface area (Å²) in [6.45, 7) is 3.78. The number of nitrogens with one attached hydrogen (secondary N) is 1. The van der Waals surface area contributed by atoms with Gasteiger partial charge in [0.05, 0.1) is 21.5 Å². The Morgan fingerprint density at radius 1 is 1.00 bits per heavy atom. The molecule has 0 unspecified atom stereocenters. The summed E-state index contributed by atoms with van der Waals surface area (Å²) in [4.78, 5) is 4.14. The third-order valence-corrected chi connectivity index (χ3v) is 6.45. The van der Waals surface area contributed by atoms with Crippen molar-refractivity contribution in [2.45, 2.75) is 25.3 Å². The second-order valence-electron chi connectivity index (χ2n) is 5.99. The fourth-order valence-corrected chi connectivity index (χ4v) is 4.26. The van der Waals surface area contributed by atoms with Crippen LogP contribution in [0.15, 0.2) is 41.6 Å². The van der Waals surface area contributed by atoms with Crippen LogP contribution in [-0.4, -0.2) is 23.2 Å². The molecule has 10 heteroatoms. The van der Waals surface area contributed by atoms with E-state index in [-0.39, 0.29) is 10.8 Å². The van der Waals surface area contributed by atoms with Crippen molar-refractivity contribution in [3.63, 3.8) is 0 Å². The van der Waals surface area contributed by atoms with Crippen molar-refractivity contribution in [1.29, 1.82) is 0 Å². The van der Waals surface area contributed by atoms with Gasteiger partial charge in [0, 0.05) is 5.02 Å². The molecule has 0 atom stereocenters. The van der Waals surface area contributed by atoms with E-state index in [1.165, 1.54) is 17.1 Å². The second-order valence-corrected chi connectivity index (χ2v) is 8.86. The van der Waals surface area contributed by atoms with E-state index in [0.717, 1.165) is 5.56 Å². The molecule has 0 aliphatic carbocycles. The molecule has 0 amide bonds. The molecule has 1 N–H and O–H groups in total. The first-order valence-corrected chi connectivity index (χ1v) is 10.4. The molecule has 142 valence electrons. The van der Waals surface area contributed by atoms with Crippen molar-refractivity contribution in [2.75, 3.05) is 4.72 Å². The van der Waals surface area contributed by atoms with E-state index < -0.39 is 10.0 Å². The highest BCUT2D eigenvalue weighted by Crippen LogP contribution is 2.25. The van der Waals surface area contributed by atoms with Gasteiger partial charge in [-0.1, -0.05) is 40.9 Å². The van der Waals surface area contributed by atoms with Gasteiger partial charge in [-0.3, -0.25) is 0 Å². The number of aryl methyl sites for hydroxylation is 2. The lowest BCUT2D eigenvalue weighted by molar-refractivity contribution is 0.600. The van der Waals surface area contributed by atoms with Crippen LogP contribution in [-0.2, 0) is 16.6 Å². The largest absolute Gasteiger partial charge is 0.264 e. The van der Waals surface area contributed by atoms with Crippen molar-refractivity contribution in [1.82, 2.24) is 14.8 Å². The summed E-state index contributed by atoms with van der Waals surface area (Å²) in [6.07, 6.45) is 1.43. The fourth-order valence-electron chi connectivity index (χ4n) is 2.46. The van der Waals surface area contributed by atoms with Crippen molar-refractivity contribution < 1.29 is 8.42 Å². The SMILES string of the molecule is Cc1cc(S(=O)(=O)Nc2ncn(Cc3ccc(Cl)c(Cl)c3)n2)c(C)cc1Cl. The van der Waals surface area contributed by atoms with E-state index in [4.69, 9.17) is 34.8 Å².